The van der Waals surface area contributed by atoms with E-state index < -0.39 is 0 Å². The van der Waals surface area contributed by atoms with Crippen LogP contribution < -0.4 is 10.1 Å². The topological polar surface area (TPSA) is 30.5 Å². The first kappa shape index (κ1) is 13.3. The molecule has 0 bridgehead atoms. The fourth-order valence-electron chi connectivity index (χ4n) is 2.34. The Balaban J connectivity index is 2.08. The van der Waals surface area contributed by atoms with Crippen molar-refractivity contribution in [1.29, 1.82) is 0 Å². The van der Waals surface area contributed by atoms with Crippen LogP contribution in [-0.2, 0) is 4.74 Å². The molecule has 1 aromatic carbocycles. The smallest absolute Gasteiger partial charge is 0.165 e. The van der Waals surface area contributed by atoms with E-state index in [4.69, 9.17) is 9.47 Å². The van der Waals surface area contributed by atoms with Gasteiger partial charge in [-0.2, -0.15) is 0 Å². The van der Waals surface area contributed by atoms with Crippen molar-refractivity contribution in [1.82, 2.24) is 5.32 Å². The van der Waals surface area contributed by atoms with Crippen molar-refractivity contribution in [2.45, 2.75) is 31.8 Å². The van der Waals surface area contributed by atoms with E-state index in [9.17, 15) is 4.39 Å². The van der Waals surface area contributed by atoms with Crippen LogP contribution in [-0.4, -0.2) is 25.9 Å². The van der Waals surface area contributed by atoms with E-state index in [2.05, 4.69) is 12.2 Å². The van der Waals surface area contributed by atoms with E-state index in [-0.39, 0.29) is 23.1 Å². The second-order valence-corrected chi connectivity index (χ2v) is 5.12. The van der Waals surface area contributed by atoms with Crippen molar-refractivity contribution in [2.24, 2.45) is 0 Å². The van der Waals surface area contributed by atoms with Crippen molar-refractivity contribution >= 4 is 0 Å². The number of benzene rings is 1. The molecule has 3 nitrogen and oxygen atoms in total. The van der Waals surface area contributed by atoms with Crippen molar-refractivity contribution in [3.8, 4) is 5.75 Å². The molecule has 1 fully saturated rings. The van der Waals surface area contributed by atoms with E-state index >= 15 is 0 Å². The summed E-state index contributed by atoms with van der Waals surface area (Å²) in [6, 6.07) is 5.15. The summed E-state index contributed by atoms with van der Waals surface area (Å²) < 4.78 is 24.0. The highest BCUT2D eigenvalue weighted by atomic mass is 19.1. The lowest BCUT2D eigenvalue weighted by Gasteiger charge is -2.28. The van der Waals surface area contributed by atoms with Crippen molar-refractivity contribution in [3.05, 3.63) is 29.6 Å². The fourth-order valence-corrected chi connectivity index (χ4v) is 2.34. The largest absolute Gasteiger partial charge is 0.494 e. The van der Waals surface area contributed by atoms with Gasteiger partial charge in [-0.05, 0) is 38.0 Å². The summed E-state index contributed by atoms with van der Waals surface area (Å²) in [5, 5.41) is 3.50. The van der Waals surface area contributed by atoms with Gasteiger partial charge in [0.15, 0.2) is 11.6 Å². The van der Waals surface area contributed by atoms with Crippen LogP contribution in [0.3, 0.4) is 0 Å². The van der Waals surface area contributed by atoms with Crippen LogP contribution in [0.25, 0.3) is 0 Å². The van der Waals surface area contributed by atoms with Gasteiger partial charge in [0.1, 0.15) is 0 Å². The number of hydrogen-bond donors (Lipinski definition) is 1. The SMILES string of the molecule is COc1ccc([C@@H](C)N[C@@]2(C)CCOC2)cc1F. The van der Waals surface area contributed by atoms with Gasteiger partial charge in [0.2, 0.25) is 0 Å². The lowest BCUT2D eigenvalue weighted by atomic mass is 9.98. The predicted molar refractivity (Wildman–Crippen MR) is 68.3 cm³/mol. The fraction of sp³-hybridized carbons (Fsp3) is 0.571. The van der Waals surface area contributed by atoms with Gasteiger partial charge in [-0.3, -0.25) is 0 Å². The average molecular weight is 253 g/mol. The van der Waals surface area contributed by atoms with Crippen LogP contribution in [0.15, 0.2) is 18.2 Å². The Hall–Kier alpha value is -1.13. The quantitative estimate of drug-likeness (QED) is 0.895. The van der Waals surface area contributed by atoms with Crippen LogP contribution in [0.4, 0.5) is 4.39 Å². The van der Waals surface area contributed by atoms with Crippen LogP contribution in [0.5, 0.6) is 5.75 Å². The highest BCUT2D eigenvalue weighted by Crippen LogP contribution is 2.26. The number of ether oxygens (including phenoxy) is 2. The Labute approximate surface area is 107 Å². The Kier molecular flexibility index (Phi) is 3.88. The third kappa shape index (κ3) is 2.82. The molecule has 100 valence electrons. The third-order valence-electron chi connectivity index (χ3n) is 3.46. The molecule has 0 unspecified atom stereocenters. The van der Waals surface area contributed by atoms with Crippen LogP contribution in [0, 0.1) is 5.82 Å². The molecular formula is C14H20FNO2. The normalized spacial score (nSPS) is 25.1. The molecule has 0 radical (unpaired) electrons. The first-order chi connectivity index (χ1) is 8.54. The summed E-state index contributed by atoms with van der Waals surface area (Å²) in [6.45, 7) is 5.66. The molecule has 1 saturated heterocycles. The molecule has 1 heterocycles. The summed E-state index contributed by atoms with van der Waals surface area (Å²) in [4.78, 5) is 0. The highest BCUT2D eigenvalue weighted by molar-refractivity contribution is 5.31. The maximum absolute atomic E-state index is 13.6. The minimum atomic E-state index is -0.323. The minimum Gasteiger partial charge on any atom is -0.494 e. The molecule has 2 rings (SSSR count). The van der Waals surface area contributed by atoms with Gasteiger partial charge >= 0.3 is 0 Å². The van der Waals surface area contributed by atoms with Gasteiger partial charge in [0.25, 0.3) is 0 Å². The van der Waals surface area contributed by atoms with Crippen molar-refractivity contribution in [3.63, 3.8) is 0 Å². The monoisotopic (exact) mass is 253 g/mol. The Morgan fingerprint density at radius 3 is 2.83 bits per heavy atom. The van der Waals surface area contributed by atoms with E-state index in [0.29, 0.717) is 6.61 Å². The molecule has 4 heteroatoms. The zero-order valence-corrected chi connectivity index (χ0v) is 11.1. The van der Waals surface area contributed by atoms with E-state index in [1.54, 1.807) is 6.07 Å². The summed E-state index contributed by atoms with van der Waals surface area (Å²) in [5.41, 5.74) is 0.900. The van der Waals surface area contributed by atoms with Crippen LogP contribution in [0.2, 0.25) is 0 Å². The number of nitrogens with one attached hydrogen (secondary N) is 1. The second-order valence-electron chi connectivity index (χ2n) is 5.12. The molecular weight excluding hydrogens is 233 g/mol. The van der Waals surface area contributed by atoms with Gasteiger partial charge in [0, 0.05) is 18.2 Å². The van der Waals surface area contributed by atoms with Crippen molar-refractivity contribution < 1.29 is 13.9 Å². The molecule has 18 heavy (non-hydrogen) atoms. The molecule has 0 aromatic heterocycles. The minimum absolute atomic E-state index is 0.0180. The molecule has 0 saturated carbocycles. The van der Waals surface area contributed by atoms with Gasteiger partial charge in [-0.25, -0.2) is 4.39 Å². The number of hydrogen-bond acceptors (Lipinski definition) is 3. The Bertz CT molecular complexity index is 416. The molecule has 1 aliphatic rings. The first-order valence-electron chi connectivity index (χ1n) is 6.23. The zero-order chi connectivity index (χ0) is 13.2. The van der Waals surface area contributed by atoms with Crippen molar-refractivity contribution in [2.75, 3.05) is 20.3 Å². The van der Waals surface area contributed by atoms with Gasteiger partial charge in [0.05, 0.1) is 13.7 Å². The lowest BCUT2D eigenvalue weighted by molar-refractivity contribution is 0.167. The number of methoxy groups -OCH3 is 1. The van der Waals surface area contributed by atoms with Gasteiger partial charge < -0.3 is 14.8 Å². The first-order valence-corrected chi connectivity index (χ1v) is 6.23. The maximum Gasteiger partial charge on any atom is 0.165 e. The standard InChI is InChI=1S/C14H20FNO2/c1-10(16-14(2)6-7-18-9-14)11-4-5-13(17-3)12(15)8-11/h4-5,8,10,16H,6-7,9H2,1-3H3/t10-,14+/m1/s1. The average Bonchev–Trinajstić information content (AvgIpc) is 2.75. The Morgan fingerprint density at radius 2 is 2.28 bits per heavy atom. The van der Waals surface area contributed by atoms with E-state index in [0.717, 1.165) is 18.6 Å². The molecule has 1 aliphatic heterocycles. The number of rotatable bonds is 4. The van der Waals surface area contributed by atoms with Crippen LogP contribution >= 0.6 is 0 Å². The molecule has 1 N–H and O–H groups in total. The third-order valence-corrected chi connectivity index (χ3v) is 3.46. The summed E-state index contributed by atoms with van der Waals surface area (Å²) in [5.74, 6) is -0.0437. The van der Waals surface area contributed by atoms with Crippen LogP contribution in [0.1, 0.15) is 31.9 Å². The number of halogens is 1. The molecule has 2 atom stereocenters. The lowest BCUT2D eigenvalue weighted by Crippen LogP contribution is -2.44. The molecule has 0 amide bonds. The molecule has 0 spiro atoms. The predicted octanol–water partition coefficient (Wildman–Crippen LogP) is 2.66. The maximum atomic E-state index is 13.6. The second kappa shape index (κ2) is 5.24. The zero-order valence-electron chi connectivity index (χ0n) is 11.1. The summed E-state index contributed by atoms with van der Waals surface area (Å²) in [6.07, 6.45) is 0.982. The Morgan fingerprint density at radius 1 is 1.50 bits per heavy atom. The summed E-state index contributed by atoms with van der Waals surface area (Å²) in [7, 11) is 1.47. The molecule has 0 aliphatic carbocycles. The van der Waals surface area contributed by atoms with Gasteiger partial charge in [-0.1, -0.05) is 6.07 Å². The summed E-state index contributed by atoms with van der Waals surface area (Å²) >= 11 is 0. The highest BCUT2D eigenvalue weighted by Gasteiger charge is 2.31. The van der Waals surface area contributed by atoms with E-state index in [1.807, 2.05) is 13.0 Å². The molecule has 1 aromatic rings. The van der Waals surface area contributed by atoms with Gasteiger partial charge in [-0.15, -0.1) is 0 Å². The van der Waals surface area contributed by atoms with E-state index in [1.165, 1.54) is 13.2 Å².